The van der Waals surface area contributed by atoms with E-state index >= 15 is 0 Å². The summed E-state index contributed by atoms with van der Waals surface area (Å²) in [6.45, 7) is 4.04. The van der Waals surface area contributed by atoms with E-state index < -0.39 is 5.91 Å². The fourth-order valence-corrected chi connectivity index (χ4v) is 4.22. The average Bonchev–Trinajstić information content (AvgIpc) is 3.05. The third-order valence-corrected chi connectivity index (χ3v) is 6.51. The van der Waals surface area contributed by atoms with Crippen LogP contribution in [0.2, 0.25) is 5.02 Å². The second-order valence-electron chi connectivity index (χ2n) is 7.57. The molecule has 1 heterocycles. The lowest BCUT2D eigenvalue weighted by molar-refractivity contribution is -0.123. The van der Waals surface area contributed by atoms with Crippen molar-refractivity contribution in [3.05, 3.63) is 92.8 Å². The van der Waals surface area contributed by atoms with Gasteiger partial charge in [0.25, 0.3) is 11.1 Å². The number of phenols is 1. The van der Waals surface area contributed by atoms with Gasteiger partial charge in [0.1, 0.15) is 5.75 Å². The number of thioether (sulfide) groups is 1. The van der Waals surface area contributed by atoms with Crippen LogP contribution < -0.4 is 0 Å². The summed E-state index contributed by atoms with van der Waals surface area (Å²) in [5, 5.41) is 18.9. The standard InChI is InChI=1S/C25H20ClN3O3S/c1-15-5-3-4-6-17(15)14-29-24(31)23(33-25(29)32)12-18-11-19(9-10-22(18)30)27-28-20-8-7-16(2)21(26)13-20/h3-13,30H,14H2,1-2H3/b23-12-,28-27?. The van der Waals surface area contributed by atoms with Gasteiger partial charge in [-0.3, -0.25) is 14.5 Å². The molecule has 0 atom stereocenters. The van der Waals surface area contributed by atoms with Gasteiger partial charge >= 0.3 is 0 Å². The second kappa shape index (κ2) is 9.60. The number of azo groups is 1. The van der Waals surface area contributed by atoms with E-state index in [0.717, 1.165) is 28.5 Å². The molecular weight excluding hydrogens is 458 g/mol. The summed E-state index contributed by atoms with van der Waals surface area (Å²) >= 11 is 6.97. The first-order valence-electron chi connectivity index (χ1n) is 10.1. The molecule has 0 spiro atoms. The topological polar surface area (TPSA) is 82.3 Å². The number of aromatic hydroxyl groups is 1. The largest absolute Gasteiger partial charge is 0.507 e. The number of nitrogens with zero attached hydrogens (tertiary/aromatic N) is 3. The van der Waals surface area contributed by atoms with Crippen molar-refractivity contribution in [3.63, 3.8) is 0 Å². The Balaban J connectivity index is 1.56. The van der Waals surface area contributed by atoms with Crippen LogP contribution in [-0.4, -0.2) is 21.2 Å². The summed E-state index contributed by atoms with van der Waals surface area (Å²) in [7, 11) is 0. The Morgan fingerprint density at radius 3 is 2.39 bits per heavy atom. The zero-order valence-electron chi connectivity index (χ0n) is 17.9. The molecule has 0 saturated carbocycles. The Morgan fingerprint density at radius 2 is 1.67 bits per heavy atom. The zero-order valence-corrected chi connectivity index (χ0v) is 19.5. The minimum Gasteiger partial charge on any atom is -0.507 e. The Bertz CT molecular complexity index is 1320. The molecule has 0 radical (unpaired) electrons. The van der Waals surface area contributed by atoms with Crippen LogP contribution in [0.15, 0.2) is 75.8 Å². The number of carbonyl (C=O) groups excluding carboxylic acids is 2. The normalized spacial score (nSPS) is 15.2. The summed E-state index contributed by atoms with van der Waals surface area (Å²) in [6.07, 6.45) is 1.50. The van der Waals surface area contributed by atoms with Crippen molar-refractivity contribution < 1.29 is 14.7 Å². The average molecular weight is 478 g/mol. The van der Waals surface area contributed by atoms with Crippen LogP contribution in [0.1, 0.15) is 22.3 Å². The lowest BCUT2D eigenvalue weighted by atomic mass is 10.1. The first-order valence-corrected chi connectivity index (χ1v) is 11.3. The predicted molar refractivity (Wildman–Crippen MR) is 131 cm³/mol. The van der Waals surface area contributed by atoms with Crippen LogP contribution in [0.4, 0.5) is 16.2 Å². The third-order valence-electron chi connectivity index (χ3n) is 5.20. The molecule has 3 aromatic rings. The van der Waals surface area contributed by atoms with E-state index in [1.165, 1.54) is 17.0 Å². The fourth-order valence-electron chi connectivity index (χ4n) is 3.21. The van der Waals surface area contributed by atoms with Gasteiger partial charge in [-0.15, -0.1) is 0 Å². The van der Waals surface area contributed by atoms with Gasteiger partial charge in [-0.25, -0.2) is 0 Å². The summed E-state index contributed by atoms with van der Waals surface area (Å²) in [5.74, 6) is -0.424. The number of amides is 2. The van der Waals surface area contributed by atoms with Crippen molar-refractivity contribution in [3.8, 4) is 5.75 Å². The molecule has 166 valence electrons. The minimum absolute atomic E-state index is 0.0296. The quantitative estimate of drug-likeness (QED) is 0.308. The number of imide groups is 1. The predicted octanol–water partition coefficient (Wildman–Crippen LogP) is 7.31. The monoisotopic (exact) mass is 477 g/mol. The lowest BCUT2D eigenvalue weighted by Crippen LogP contribution is -2.27. The van der Waals surface area contributed by atoms with Gasteiger partial charge in [0.2, 0.25) is 0 Å². The first-order chi connectivity index (χ1) is 15.8. The number of aryl methyl sites for hydroxylation is 2. The molecule has 6 nitrogen and oxygen atoms in total. The maximum Gasteiger partial charge on any atom is 0.293 e. The molecule has 3 aromatic carbocycles. The molecule has 1 saturated heterocycles. The summed E-state index contributed by atoms with van der Waals surface area (Å²) < 4.78 is 0. The molecular formula is C25H20ClN3O3S. The molecule has 1 aliphatic rings. The molecule has 4 rings (SSSR count). The van der Waals surface area contributed by atoms with E-state index in [1.807, 2.05) is 44.2 Å². The number of hydrogen-bond acceptors (Lipinski definition) is 6. The van der Waals surface area contributed by atoms with Crippen LogP contribution in [0, 0.1) is 13.8 Å². The third kappa shape index (κ3) is 5.16. The molecule has 1 aliphatic heterocycles. The highest BCUT2D eigenvalue weighted by Crippen LogP contribution is 2.36. The Morgan fingerprint density at radius 1 is 0.970 bits per heavy atom. The van der Waals surface area contributed by atoms with E-state index in [4.69, 9.17) is 11.6 Å². The molecule has 1 fully saturated rings. The molecule has 1 N–H and O–H groups in total. The molecule has 0 bridgehead atoms. The van der Waals surface area contributed by atoms with Crippen LogP contribution in [-0.2, 0) is 11.3 Å². The van der Waals surface area contributed by atoms with Crippen LogP contribution in [0.3, 0.4) is 0 Å². The van der Waals surface area contributed by atoms with E-state index in [2.05, 4.69) is 10.2 Å². The Labute approximate surface area is 200 Å². The molecule has 0 aliphatic carbocycles. The zero-order chi connectivity index (χ0) is 23.5. The van der Waals surface area contributed by atoms with Gasteiger partial charge in [-0.2, -0.15) is 10.2 Å². The number of benzene rings is 3. The van der Waals surface area contributed by atoms with Crippen LogP contribution >= 0.6 is 23.4 Å². The van der Waals surface area contributed by atoms with Gasteiger partial charge < -0.3 is 5.11 Å². The van der Waals surface area contributed by atoms with Crippen molar-refractivity contribution in [2.75, 3.05) is 0 Å². The molecule has 2 amide bonds. The summed E-state index contributed by atoms with van der Waals surface area (Å²) in [6, 6.07) is 17.7. The van der Waals surface area contributed by atoms with E-state index in [0.29, 0.717) is 22.0 Å². The minimum atomic E-state index is -0.394. The highest BCUT2D eigenvalue weighted by molar-refractivity contribution is 8.18. The summed E-state index contributed by atoms with van der Waals surface area (Å²) in [5.41, 5.74) is 4.30. The Kier molecular flexibility index (Phi) is 6.62. The number of rotatable bonds is 5. The molecule has 0 aromatic heterocycles. The van der Waals surface area contributed by atoms with Gasteiger partial charge in [0.05, 0.1) is 22.8 Å². The van der Waals surface area contributed by atoms with Crippen LogP contribution in [0.25, 0.3) is 6.08 Å². The number of phenolic OH excluding ortho intramolecular Hbond substituents is 1. The van der Waals surface area contributed by atoms with Crippen LogP contribution in [0.5, 0.6) is 5.75 Å². The van der Waals surface area contributed by atoms with Crippen molar-refractivity contribution in [1.82, 2.24) is 4.90 Å². The smallest absolute Gasteiger partial charge is 0.293 e. The number of halogens is 1. The lowest BCUT2D eigenvalue weighted by Gasteiger charge is -2.14. The second-order valence-corrected chi connectivity index (χ2v) is 8.97. The van der Waals surface area contributed by atoms with Crippen molar-refractivity contribution in [1.29, 1.82) is 0 Å². The molecule has 8 heteroatoms. The van der Waals surface area contributed by atoms with E-state index in [1.54, 1.807) is 24.3 Å². The first kappa shape index (κ1) is 22.8. The van der Waals surface area contributed by atoms with Gasteiger partial charge in [0.15, 0.2) is 0 Å². The van der Waals surface area contributed by atoms with E-state index in [9.17, 15) is 14.7 Å². The van der Waals surface area contributed by atoms with Crippen molar-refractivity contribution >= 4 is 52.0 Å². The Hall–Kier alpha value is -3.42. The van der Waals surface area contributed by atoms with Gasteiger partial charge in [-0.05, 0) is 78.7 Å². The van der Waals surface area contributed by atoms with E-state index in [-0.39, 0.29) is 22.4 Å². The number of carbonyl (C=O) groups is 2. The number of hydrogen-bond donors (Lipinski definition) is 1. The molecule has 0 unspecified atom stereocenters. The maximum atomic E-state index is 12.9. The molecule has 33 heavy (non-hydrogen) atoms. The van der Waals surface area contributed by atoms with Crippen molar-refractivity contribution in [2.24, 2.45) is 10.2 Å². The van der Waals surface area contributed by atoms with Crippen molar-refractivity contribution in [2.45, 2.75) is 20.4 Å². The van der Waals surface area contributed by atoms with Gasteiger partial charge in [0, 0.05) is 10.6 Å². The van der Waals surface area contributed by atoms with Gasteiger partial charge in [-0.1, -0.05) is 41.9 Å². The highest BCUT2D eigenvalue weighted by atomic mass is 35.5. The SMILES string of the molecule is Cc1ccc(N=Nc2ccc(O)c(/C=C3\SC(=O)N(Cc4ccccc4C)C3=O)c2)cc1Cl. The highest BCUT2D eigenvalue weighted by Gasteiger charge is 2.35. The fraction of sp³-hybridized carbons (Fsp3) is 0.120. The maximum absolute atomic E-state index is 12.9. The summed E-state index contributed by atoms with van der Waals surface area (Å²) in [4.78, 5) is 26.8.